The molecule has 3 aliphatic rings. The zero-order chi connectivity index (χ0) is 23.0. The van der Waals surface area contributed by atoms with Crippen LogP contribution in [0.5, 0.6) is 0 Å². The molecule has 3 aliphatic carbocycles. The molecule has 3 fully saturated rings. The predicted octanol–water partition coefficient (Wildman–Crippen LogP) is 9.27. The Hall–Kier alpha value is 0.910. The Kier molecular flexibility index (Phi) is 11.9. The normalized spacial score (nSPS) is 28.7. The van der Waals surface area contributed by atoms with Crippen LogP contribution in [-0.2, 0) is 4.79 Å². The zero-order valence-electron chi connectivity index (χ0n) is 20.2. The first-order chi connectivity index (χ1) is 14.8. The van der Waals surface area contributed by atoms with Gasteiger partial charge in [0.15, 0.2) is 0 Å². The standard InChI is InChI=1S/C26H46Br3NO/c1-4-5-6-7-8-9-10-11-12-13-14-15-16-17-20-30-23(31)26-19-18-25(21(26)27,22(28)29)24(26,2)3/h21-22H,4-20H2,1-3H3,(H,30,31)/t21-,25+,26-/m1/s1. The van der Waals surface area contributed by atoms with Crippen molar-refractivity contribution in [2.45, 2.75) is 132 Å². The van der Waals surface area contributed by atoms with Crippen molar-refractivity contribution in [2.75, 3.05) is 6.54 Å². The number of amides is 1. The average molecular weight is 628 g/mol. The molecule has 3 atom stereocenters. The van der Waals surface area contributed by atoms with E-state index in [1.807, 2.05) is 0 Å². The van der Waals surface area contributed by atoms with Crippen molar-refractivity contribution in [1.82, 2.24) is 5.32 Å². The summed E-state index contributed by atoms with van der Waals surface area (Å²) in [5.41, 5.74) is -0.159. The molecular formula is C26H46Br3NO. The molecule has 0 aromatic carbocycles. The van der Waals surface area contributed by atoms with E-state index in [4.69, 9.17) is 0 Å². The minimum atomic E-state index is -0.261. The Morgan fingerprint density at radius 2 is 1.29 bits per heavy atom. The highest BCUT2D eigenvalue weighted by Crippen LogP contribution is 2.82. The highest BCUT2D eigenvalue weighted by atomic mass is 79.9. The van der Waals surface area contributed by atoms with E-state index in [2.05, 4.69) is 73.9 Å². The van der Waals surface area contributed by atoms with Gasteiger partial charge in [-0.1, -0.05) is 152 Å². The minimum Gasteiger partial charge on any atom is -0.356 e. The monoisotopic (exact) mass is 625 g/mol. The Morgan fingerprint density at radius 1 is 0.839 bits per heavy atom. The van der Waals surface area contributed by atoms with Gasteiger partial charge in [-0.05, 0) is 24.7 Å². The molecule has 0 heterocycles. The van der Waals surface area contributed by atoms with Crippen LogP contribution < -0.4 is 5.32 Å². The lowest BCUT2D eigenvalue weighted by atomic mass is 9.43. The number of carbonyl (C=O) groups is 1. The summed E-state index contributed by atoms with van der Waals surface area (Å²) >= 11 is 11.4. The SMILES string of the molecule is CCCCCCCCCCCCCCCCNC(=O)[C@@]12CC[C@@](C(Br)Br)([C@H]1Br)C2(C)C. The molecule has 2 bridgehead atoms. The molecule has 31 heavy (non-hydrogen) atoms. The molecular weight excluding hydrogens is 582 g/mol. The summed E-state index contributed by atoms with van der Waals surface area (Å²) < 4.78 is 0.237. The molecule has 1 amide bonds. The maximum absolute atomic E-state index is 13.2. The Balaban J connectivity index is 1.49. The fourth-order valence-electron chi connectivity index (χ4n) is 6.38. The van der Waals surface area contributed by atoms with Crippen LogP contribution in [0, 0.1) is 16.2 Å². The second-order valence-corrected chi connectivity index (χ2v) is 14.6. The van der Waals surface area contributed by atoms with Gasteiger partial charge >= 0.3 is 0 Å². The summed E-state index contributed by atoms with van der Waals surface area (Å²) in [4.78, 5) is 13.4. The van der Waals surface area contributed by atoms with Gasteiger partial charge in [0.1, 0.15) is 0 Å². The largest absolute Gasteiger partial charge is 0.356 e. The van der Waals surface area contributed by atoms with Crippen LogP contribution in [0.1, 0.15) is 124 Å². The molecule has 0 unspecified atom stereocenters. The average Bonchev–Trinajstić information content (AvgIpc) is 3.20. The second kappa shape index (κ2) is 13.1. The van der Waals surface area contributed by atoms with Crippen molar-refractivity contribution in [3.63, 3.8) is 0 Å². The summed E-state index contributed by atoms with van der Waals surface area (Å²) in [6.07, 6.45) is 21.2. The first-order valence-electron chi connectivity index (χ1n) is 13.0. The Bertz CT molecular complexity index is 553. The van der Waals surface area contributed by atoms with Gasteiger partial charge in [0.2, 0.25) is 5.91 Å². The second-order valence-electron chi connectivity index (χ2n) is 10.7. The highest BCUT2D eigenvalue weighted by Gasteiger charge is 2.83. The van der Waals surface area contributed by atoms with Crippen molar-refractivity contribution in [2.24, 2.45) is 16.2 Å². The van der Waals surface area contributed by atoms with Crippen LogP contribution in [0.15, 0.2) is 0 Å². The molecule has 0 spiro atoms. The van der Waals surface area contributed by atoms with Gasteiger partial charge < -0.3 is 5.32 Å². The molecule has 0 aliphatic heterocycles. The number of alkyl halides is 3. The van der Waals surface area contributed by atoms with Crippen LogP contribution in [0.25, 0.3) is 0 Å². The van der Waals surface area contributed by atoms with E-state index in [-0.39, 0.29) is 30.7 Å². The summed E-state index contributed by atoms with van der Waals surface area (Å²) in [6.45, 7) is 7.67. The van der Waals surface area contributed by atoms with Gasteiger partial charge in [0.05, 0.1) is 9.15 Å². The van der Waals surface area contributed by atoms with Gasteiger partial charge in [-0.15, -0.1) is 0 Å². The van der Waals surface area contributed by atoms with E-state index in [0.717, 1.165) is 25.8 Å². The maximum atomic E-state index is 13.2. The van der Waals surface area contributed by atoms with E-state index >= 15 is 0 Å². The van der Waals surface area contributed by atoms with Crippen LogP contribution in [-0.4, -0.2) is 21.0 Å². The summed E-state index contributed by atoms with van der Waals surface area (Å²) in [5, 5.41) is 3.29. The molecule has 0 radical (unpaired) electrons. The van der Waals surface area contributed by atoms with Gasteiger partial charge in [-0.3, -0.25) is 4.79 Å². The fourth-order valence-corrected chi connectivity index (χ4v) is 11.3. The molecule has 182 valence electrons. The zero-order valence-corrected chi connectivity index (χ0v) is 25.0. The third-order valence-electron chi connectivity index (χ3n) is 8.71. The van der Waals surface area contributed by atoms with Gasteiger partial charge in [0, 0.05) is 16.8 Å². The smallest absolute Gasteiger partial charge is 0.227 e. The number of nitrogens with one attached hydrogen (secondary N) is 1. The van der Waals surface area contributed by atoms with Crippen molar-refractivity contribution >= 4 is 53.7 Å². The first-order valence-corrected chi connectivity index (χ1v) is 15.7. The topological polar surface area (TPSA) is 29.1 Å². The number of carbonyl (C=O) groups excluding carboxylic acids is 1. The van der Waals surface area contributed by atoms with Gasteiger partial charge in [0.25, 0.3) is 0 Å². The first kappa shape index (κ1) is 28.1. The van der Waals surface area contributed by atoms with Crippen molar-refractivity contribution in [1.29, 1.82) is 0 Å². The molecule has 3 saturated carbocycles. The Morgan fingerprint density at radius 3 is 1.68 bits per heavy atom. The van der Waals surface area contributed by atoms with Crippen molar-refractivity contribution < 1.29 is 4.79 Å². The molecule has 5 heteroatoms. The quantitative estimate of drug-likeness (QED) is 0.126. The molecule has 2 nitrogen and oxygen atoms in total. The van der Waals surface area contributed by atoms with Gasteiger partial charge in [-0.2, -0.15) is 0 Å². The van der Waals surface area contributed by atoms with E-state index in [1.165, 1.54) is 83.5 Å². The Labute approximate surface area is 217 Å². The predicted molar refractivity (Wildman–Crippen MR) is 146 cm³/mol. The summed E-state index contributed by atoms with van der Waals surface area (Å²) in [7, 11) is 0. The molecule has 0 aromatic heterocycles. The van der Waals surface area contributed by atoms with Crippen LogP contribution in [0.2, 0.25) is 0 Å². The summed E-state index contributed by atoms with van der Waals surface area (Å²) in [5.74, 6) is 0.267. The maximum Gasteiger partial charge on any atom is 0.227 e. The number of fused-ring (bicyclic) bond motifs is 1. The van der Waals surface area contributed by atoms with Gasteiger partial charge in [-0.25, -0.2) is 0 Å². The molecule has 0 saturated heterocycles. The van der Waals surface area contributed by atoms with E-state index in [0.29, 0.717) is 0 Å². The molecule has 0 aromatic rings. The third-order valence-corrected chi connectivity index (χ3v) is 11.9. The lowest BCUT2D eigenvalue weighted by Crippen LogP contribution is -2.72. The van der Waals surface area contributed by atoms with Crippen molar-refractivity contribution in [3.05, 3.63) is 0 Å². The summed E-state index contributed by atoms with van der Waals surface area (Å²) in [6, 6.07) is 0. The minimum absolute atomic E-state index is 0.00851. The highest BCUT2D eigenvalue weighted by molar-refractivity contribution is 9.24. The van der Waals surface area contributed by atoms with Crippen LogP contribution >= 0.6 is 47.8 Å². The van der Waals surface area contributed by atoms with E-state index < -0.39 is 0 Å². The lowest BCUT2D eigenvalue weighted by molar-refractivity contribution is -0.161. The molecule has 1 N–H and O–H groups in total. The number of rotatable bonds is 17. The van der Waals surface area contributed by atoms with E-state index in [9.17, 15) is 4.79 Å². The van der Waals surface area contributed by atoms with Crippen LogP contribution in [0.4, 0.5) is 0 Å². The number of hydrogen-bond donors (Lipinski definition) is 1. The van der Waals surface area contributed by atoms with Crippen molar-refractivity contribution in [3.8, 4) is 0 Å². The fraction of sp³-hybridized carbons (Fsp3) is 0.962. The van der Waals surface area contributed by atoms with Crippen LogP contribution in [0.3, 0.4) is 0 Å². The third kappa shape index (κ3) is 5.77. The number of halogens is 3. The number of unbranched alkanes of at least 4 members (excludes halogenated alkanes) is 13. The lowest BCUT2D eigenvalue weighted by Gasteiger charge is -2.66. The number of hydrogen-bond acceptors (Lipinski definition) is 1. The molecule has 3 rings (SSSR count). The van der Waals surface area contributed by atoms with E-state index in [1.54, 1.807) is 0 Å².